The molecule has 1 rings (SSSR count). The summed E-state index contributed by atoms with van der Waals surface area (Å²) >= 11 is 0. The van der Waals surface area contributed by atoms with Gasteiger partial charge in [0.2, 0.25) is 0 Å². The number of unbranched alkanes of at least 4 members (excludes halogenated alkanes) is 15. The first-order valence-electron chi connectivity index (χ1n) is 23.2. The van der Waals surface area contributed by atoms with E-state index in [0.29, 0.717) is 31.5 Å². The molecule has 340 valence electrons. The van der Waals surface area contributed by atoms with Crippen LogP contribution in [-0.2, 0) is 31.1 Å². The number of hydrogen-bond acceptors (Lipinski definition) is 8. The second-order valence-corrected chi connectivity index (χ2v) is 18.1. The van der Waals surface area contributed by atoms with E-state index in [4.69, 9.17) is 14.9 Å². The predicted molar refractivity (Wildman–Crippen MR) is 238 cm³/mol. The molecular weight excluding hydrogens is 755 g/mol. The van der Waals surface area contributed by atoms with Crippen molar-refractivity contribution in [2.24, 2.45) is 17.3 Å². The number of carboxylic acids is 1. The maximum Gasteiger partial charge on any atom is 0.325 e. The average molecular weight is 842 g/mol. The van der Waals surface area contributed by atoms with Crippen LogP contribution >= 0.6 is 0 Å². The summed E-state index contributed by atoms with van der Waals surface area (Å²) in [7, 11) is -5.10. The highest BCUT2D eigenvalue weighted by atomic mass is 32.2. The molecule has 1 aromatic carbocycles. The van der Waals surface area contributed by atoms with Crippen LogP contribution in [0.3, 0.4) is 0 Å². The second kappa shape index (κ2) is 35.7. The van der Waals surface area contributed by atoms with Crippen molar-refractivity contribution in [1.29, 1.82) is 0 Å². The fourth-order valence-corrected chi connectivity index (χ4v) is 9.27. The molecule has 0 bridgehead atoms. The fraction of sp³-hybridized carbons (Fsp3) is 0.830. The lowest BCUT2D eigenvalue weighted by Crippen LogP contribution is -2.53. The third-order valence-electron chi connectivity index (χ3n) is 11.7. The van der Waals surface area contributed by atoms with Crippen molar-refractivity contribution in [2.75, 3.05) is 32.8 Å². The first-order chi connectivity index (χ1) is 27.9. The molecule has 3 unspecified atom stereocenters. The highest BCUT2D eigenvalue weighted by Gasteiger charge is 2.58. The molecule has 0 aliphatic carbocycles. The molecule has 3 atom stereocenters. The number of nitrogens with zero attached hydrogens (tertiary/aromatic N) is 1. The normalized spacial score (nSPS) is 14.3. The topological polar surface area (TPSA) is 162 Å². The van der Waals surface area contributed by atoms with E-state index in [1.807, 2.05) is 33.8 Å². The lowest BCUT2D eigenvalue weighted by atomic mass is 9.68. The number of rotatable bonds is 37. The molecule has 0 fully saturated rings. The van der Waals surface area contributed by atoms with Crippen LogP contribution in [0.4, 0.5) is 0 Å². The smallest absolute Gasteiger partial charge is 0.325 e. The van der Waals surface area contributed by atoms with Gasteiger partial charge in [0.25, 0.3) is 10.1 Å². The Labute approximate surface area is 355 Å². The summed E-state index contributed by atoms with van der Waals surface area (Å²) in [5, 5.41) is 25.7. The molecule has 0 aromatic heterocycles. The van der Waals surface area contributed by atoms with Gasteiger partial charge in [0.1, 0.15) is 6.61 Å². The molecule has 0 spiro atoms. The van der Waals surface area contributed by atoms with Crippen LogP contribution in [0.1, 0.15) is 194 Å². The van der Waals surface area contributed by atoms with Gasteiger partial charge in [0.05, 0.1) is 18.6 Å². The van der Waals surface area contributed by atoms with E-state index in [0.717, 1.165) is 45.1 Å². The summed E-state index contributed by atoms with van der Waals surface area (Å²) in [6, 6.07) is 8.97. The second-order valence-electron chi connectivity index (χ2n) is 16.6. The highest BCUT2D eigenvalue weighted by molar-refractivity contribution is 7.87. The van der Waals surface area contributed by atoms with Gasteiger partial charge < -0.3 is 20.1 Å². The summed E-state index contributed by atoms with van der Waals surface area (Å²) < 4.78 is 40.8. The Morgan fingerprint density at radius 1 is 0.638 bits per heavy atom. The summed E-state index contributed by atoms with van der Waals surface area (Å²) in [6.07, 6.45) is 25.9. The van der Waals surface area contributed by atoms with Crippen molar-refractivity contribution in [1.82, 2.24) is 4.90 Å². The number of aliphatic hydroxyl groups is 2. The quantitative estimate of drug-likeness (QED) is 0.0288. The summed E-state index contributed by atoms with van der Waals surface area (Å²) in [5.41, 5.74) is -1.18. The molecule has 0 saturated heterocycles. The van der Waals surface area contributed by atoms with Crippen molar-refractivity contribution in [3.63, 3.8) is 0 Å². The number of hydrogen-bond donors (Lipinski definition) is 4. The first-order valence-corrected chi connectivity index (χ1v) is 24.7. The number of ether oxygens (including phenoxy) is 1. The van der Waals surface area contributed by atoms with Crippen LogP contribution in [0.15, 0.2) is 30.3 Å². The highest BCUT2D eigenvalue weighted by Crippen LogP contribution is 2.45. The predicted octanol–water partition coefficient (Wildman–Crippen LogP) is 11.0. The fourth-order valence-electron chi connectivity index (χ4n) is 8.15. The molecule has 0 saturated carbocycles. The van der Waals surface area contributed by atoms with Gasteiger partial charge in [0, 0.05) is 13.1 Å². The Morgan fingerprint density at radius 3 is 1.41 bits per heavy atom. The Hall–Kier alpha value is -2.05. The summed E-state index contributed by atoms with van der Waals surface area (Å²) in [5.74, 6) is -2.74. The van der Waals surface area contributed by atoms with Crippen LogP contribution in [0.2, 0.25) is 0 Å². The first kappa shape index (κ1) is 55.9. The zero-order valence-corrected chi connectivity index (χ0v) is 38.3. The maximum atomic E-state index is 13.8. The van der Waals surface area contributed by atoms with Crippen molar-refractivity contribution in [3.05, 3.63) is 35.9 Å². The zero-order chi connectivity index (χ0) is 43.5. The number of aliphatic carboxylic acids is 1. The van der Waals surface area contributed by atoms with Gasteiger partial charge >= 0.3 is 11.9 Å². The lowest BCUT2D eigenvalue weighted by molar-refractivity contribution is -0.165. The van der Waals surface area contributed by atoms with Gasteiger partial charge in [-0.2, -0.15) is 8.42 Å². The molecule has 0 aliphatic heterocycles. The van der Waals surface area contributed by atoms with E-state index in [-0.39, 0.29) is 44.5 Å². The Balaban J connectivity index is 0.00000123. The van der Waals surface area contributed by atoms with Gasteiger partial charge in [0.15, 0.2) is 5.25 Å². The van der Waals surface area contributed by atoms with Gasteiger partial charge in [-0.1, -0.05) is 200 Å². The Bertz CT molecular complexity index is 1210. The van der Waals surface area contributed by atoms with Gasteiger partial charge in [-0.05, 0) is 43.2 Å². The maximum absolute atomic E-state index is 13.8. The van der Waals surface area contributed by atoms with Gasteiger partial charge in [-0.15, -0.1) is 0 Å². The molecule has 0 heterocycles. The minimum atomic E-state index is -5.10. The van der Waals surface area contributed by atoms with Crippen LogP contribution < -0.4 is 0 Å². The number of benzene rings is 1. The van der Waals surface area contributed by atoms with E-state index < -0.39 is 32.7 Å². The third-order valence-corrected chi connectivity index (χ3v) is 12.9. The van der Waals surface area contributed by atoms with Gasteiger partial charge in [-0.3, -0.25) is 19.0 Å². The summed E-state index contributed by atoms with van der Waals surface area (Å²) in [4.78, 5) is 28.4. The molecule has 11 heteroatoms. The number of aliphatic hydroxyl groups excluding tert-OH is 2. The molecule has 0 amide bonds. The van der Waals surface area contributed by atoms with E-state index >= 15 is 0 Å². The largest absolute Gasteiger partial charge is 0.480 e. The molecular formula is C47H87NO9S. The van der Waals surface area contributed by atoms with Crippen LogP contribution in [0.5, 0.6) is 0 Å². The average Bonchev–Trinajstić information content (AvgIpc) is 3.20. The van der Waals surface area contributed by atoms with Crippen LogP contribution in [-0.4, -0.2) is 83.2 Å². The van der Waals surface area contributed by atoms with Crippen LogP contribution in [0, 0.1) is 17.3 Å². The zero-order valence-electron chi connectivity index (χ0n) is 37.5. The lowest BCUT2D eigenvalue weighted by Gasteiger charge is -2.39. The molecule has 0 radical (unpaired) electrons. The summed E-state index contributed by atoms with van der Waals surface area (Å²) in [6.45, 7) is 13.0. The van der Waals surface area contributed by atoms with E-state index in [1.165, 1.54) is 89.9 Å². The minimum Gasteiger partial charge on any atom is -0.480 e. The van der Waals surface area contributed by atoms with E-state index in [2.05, 4.69) is 11.8 Å². The Morgan fingerprint density at radius 2 is 1.05 bits per heavy atom. The standard InChI is InChI=1S/C27H44O7S.C20H43NO2/c1-5-9-14-21(7-3)18-27(19-22(8-4)15-10-6-2,24(25(28)29)35(31,32)33)26(30)34-20-23-16-12-11-13-17-23;1-2-3-4-5-6-7-8-9-10-11-12-13-14-15-16-21(17-19-22)18-20-23/h11-13,16-17,21-22,24H,5-10,14-15,18-20H2,1-4H3,(H,28,29)(H,31,32,33);22-23H,2-20H2,1H3. The van der Waals surface area contributed by atoms with E-state index in [1.54, 1.807) is 24.3 Å². The molecule has 10 nitrogen and oxygen atoms in total. The monoisotopic (exact) mass is 842 g/mol. The van der Waals surface area contributed by atoms with Gasteiger partial charge in [-0.25, -0.2) is 0 Å². The SMILES string of the molecule is CCCCC(CC)CC(CC(CC)CCCC)(C(=O)OCc1ccccc1)C(C(=O)O)S(=O)(=O)O.CCCCCCCCCCCCCCCCN(CCO)CCO. The molecule has 1 aromatic rings. The van der Waals surface area contributed by atoms with Crippen LogP contribution in [0.25, 0.3) is 0 Å². The molecule has 4 N–H and O–H groups in total. The number of carbonyl (C=O) groups is 2. The van der Waals surface area contributed by atoms with Crippen molar-refractivity contribution in [3.8, 4) is 0 Å². The minimum absolute atomic E-state index is 0.0382. The number of carbonyl (C=O) groups excluding carboxylic acids is 1. The Kier molecular flexibility index (Phi) is 34.4. The van der Waals surface area contributed by atoms with Crippen molar-refractivity contribution in [2.45, 2.75) is 201 Å². The molecule has 58 heavy (non-hydrogen) atoms. The van der Waals surface area contributed by atoms with Crippen molar-refractivity contribution >= 4 is 22.1 Å². The third kappa shape index (κ3) is 25.5. The van der Waals surface area contributed by atoms with Crippen molar-refractivity contribution < 1.29 is 42.6 Å². The number of carboxylic acid groups (broad SMARTS) is 1. The number of esters is 1. The van der Waals surface area contributed by atoms with E-state index in [9.17, 15) is 27.7 Å². The molecule has 0 aliphatic rings.